The van der Waals surface area contributed by atoms with Gasteiger partial charge in [-0.2, -0.15) is 0 Å². The standard InChI is InChI=1S/C14H18N2O2S2/c1-12-4-3-5-13(10-12)11-20(17,18)16(2)8-6-14-15-7-9-19-14/h3-5,7,9-10H,6,8,11H2,1-2H3. The summed E-state index contributed by atoms with van der Waals surface area (Å²) in [6, 6.07) is 7.60. The SMILES string of the molecule is Cc1cccc(CS(=O)(=O)N(C)CCc2nccs2)c1. The predicted molar refractivity (Wildman–Crippen MR) is 82.3 cm³/mol. The fourth-order valence-electron chi connectivity index (χ4n) is 1.89. The molecule has 0 spiro atoms. The Morgan fingerprint density at radius 2 is 2.15 bits per heavy atom. The van der Waals surface area contributed by atoms with Crippen LogP contribution >= 0.6 is 11.3 Å². The summed E-state index contributed by atoms with van der Waals surface area (Å²) in [5.74, 6) is 0.0447. The molecule has 4 nitrogen and oxygen atoms in total. The predicted octanol–water partition coefficient (Wildman–Crippen LogP) is 2.46. The van der Waals surface area contributed by atoms with E-state index in [4.69, 9.17) is 0 Å². The Labute approximate surface area is 124 Å². The largest absolute Gasteiger partial charge is 0.250 e. The van der Waals surface area contributed by atoms with E-state index >= 15 is 0 Å². The summed E-state index contributed by atoms with van der Waals surface area (Å²) in [5, 5.41) is 2.86. The van der Waals surface area contributed by atoms with Gasteiger partial charge in [-0.1, -0.05) is 29.8 Å². The summed E-state index contributed by atoms with van der Waals surface area (Å²) in [6.45, 7) is 2.42. The minimum Gasteiger partial charge on any atom is -0.250 e. The van der Waals surface area contributed by atoms with E-state index in [0.717, 1.165) is 16.1 Å². The van der Waals surface area contributed by atoms with Gasteiger partial charge < -0.3 is 0 Å². The van der Waals surface area contributed by atoms with Gasteiger partial charge in [0, 0.05) is 31.6 Å². The molecule has 1 aromatic carbocycles. The molecule has 20 heavy (non-hydrogen) atoms. The van der Waals surface area contributed by atoms with Crippen LogP contribution in [0.3, 0.4) is 0 Å². The number of benzene rings is 1. The molecule has 0 saturated heterocycles. The minimum atomic E-state index is -3.27. The van der Waals surface area contributed by atoms with Crippen molar-refractivity contribution in [1.82, 2.24) is 9.29 Å². The van der Waals surface area contributed by atoms with Crippen molar-refractivity contribution in [2.75, 3.05) is 13.6 Å². The molecule has 1 aromatic heterocycles. The van der Waals surface area contributed by atoms with Gasteiger partial charge in [-0.15, -0.1) is 11.3 Å². The summed E-state index contributed by atoms with van der Waals surface area (Å²) in [7, 11) is -1.65. The topological polar surface area (TPSA) is 50.3 Å². The van der Waals surface area contributed by atoms with E-state index in [9.17, 15) is 8.42 Å². The number of sulfonamides is 1. The van der Waals surface area contributed by atoms with Crippen LogP contribution in [0.1, 0.15) is 16.1 Å². The number of aromatic nitrogens is 1. The molecule has 2 aromatic rings. The van der Waals surface area contributed by atoms with Gasteiger partial charge >= 0.3 is 0 Å². The van der Waals surface area contributed by atoms with Crippen LogP contribution in [0.4, 0.5) is 0 Å². The van der Waals surface area contributed by atoms with Crippen molar-refractivity contribution in [2.24, 2.45) is 0 Å². The lowest BCUT2D eigenvalue weighted by Gasteiger charge is -2.16. The third-order valence-electron chi connectivity index (χ3n) is 3.03. The van der Waals surface area contributed by atoms with Crippen LogP contribution in [0.2, 0.25) is 0 Å². The van der Waals surface area contributed by atoms with Gasteiger partial charge in [0.2, 0.25) is 10.0 Å². The molecule has 0 aliphatic heterocycles. The average Bonchev–Trinajstić information content (AvgIpc) is 2.88. The van der Waals surface area contributed by atoms with Crippen LogP contribution in [0.5, 0.6) is 0 Å². The summed E-state index contributed by atoms with van der Waals surface area (Å²) < 4.78 is 26.0. The number of thiazole rings is 1. The lowest BCUT2D eigenvalue weighted by molar-refractivity contribution is 0.471. The van der Waals surface area contributed by atoms with Crippen LogP contribution in [-0.2, 0) is 22.2 Å². The maximum Gasteiger partial charge on any atom is 0.218 e. The summed E-state index contributed by atoms with van der Waals surface area (Å²) >= 11 is 1.55. The lowest BCUT2D eigenvalue weighted by atomic mass is 10.2. The smallest absolute Gasteiger partial charge is 0.218 e. The monoisotopic (exact) mass is 310 g/mol. The summed E-state index contributed by atoms with van der Waals surface area (Å²) in [4.78, 5) is 4.16. The number of hydrogen-bond acceptors (Lipinski definition) is 4. The molecule has 0 aliphatic carbocycles. The summed E-state index contributed by atoms with van der Waals surface area (Å²) in [6.07, 6.45) is 2.39. The molecular formula is C14H18N2O2S2. The first-order chi connectivity index (χ1) is 9.47. The molecule has 2 rings (SSSR count). The second kappa shape index (κ2) is 6.47. The van der Waals surface area contributed by atoms with Gasteiger partial charge in [0.05, 0.1) is 10.8 Å². The Balaban J connectivity index is 1.98. The van der Waals surface area contributed by atoms with Crippen LogP contribution in [-0.4, -0.2) is 31.3 Å². The van der Waals surface area contributed by atoms with E-state index in [0.29, 0.717) is 13.0 Å². The fraction of sp³-hybridized carbons (Fsp3) is 0.357. The maximum atomic E-state index is 12.3. The molecule has 0 radical (unpaired) electrons. The van der Waals surface area contributed by atoms with E-state index < -0.39 is 10.0 Å². The van der Waals surface area contributed by atoms with Gasteiger partial charge in [-0.3, -0.25) is 0 Å². The second-order valence-electron chi connectivity index (χ2n) is 4.74. The highest BCUT2D eigenvalue weighted by Gasteiger charge is 2.18. The van der Waals surface area contributed by atoms with E-state index in [1.807, 2.05) is 36.6 Å². The quantitative estimate of drug-likeness (QED) is 0.823. The van der Waals surface area contributed by atoms with E-state index in [2.05, 4.69) is 4.98 Å². The first-order valence-corrected chi connectivity index (χ1v) is 8.84. The van der Waals surface area contributed by atoms with Gasteiger partial charge in [-0.05, 0) is 12.5 Å². The Bertz CT molecular complexity index is 652. The fourth-order valence-corrected chi connectivity index (χ4v) is 3.69. The molecule has 0 amide bonds. The molecule has 0 N–H and O–H groups in total. The van der Waals surface area contributed by atoms with E-state index in [1.54, 1.807) is 24.6 Å². The Morgan fingerprint density at radius 3 is 2.80 bits per heavy atom. The molecule has 0 bridgehead atoms. The molecule has 1 heterocycles. The number of hydrogen-bond donors (Lipinski definition) is 0. The first kappa shape index (κ1) is 15.2. The van der Waals surface area contributed by atoms with Crippen LogP contribution in [0.25, 0.3) is 0 Å². The van der Waals surface area contributed by atoms with Gasteiger partial charge in [0.25, 0.3) is 0 Å². The normalized spacial score (nSPS) is 11.9. The third-order valence-corrected chi connectivity index (χ3v) is 5.70. The van der Waals surface area contributed by atoms with Gasteiger partial charge in [0.15, 0.2) is 0 Å². The zero-order chi connectivity index (χ0) is 14.6. The van der Waals surface area contributed by atoms with Crippen molar-refractivity contribution in [3.8, 4) is 0 Å². The minimum absolute atomic E-state index is 0.0447. The Morgan fingerprint density at radius 1 is 1.35 bits per heavy atom. The zero-order valence-corrected chi connectivity index (χ0v) is 13.2. The molecular weight excluding hydrogens is 292 g/mol. The van der Waals surface area contributed by atoms with E-state index in [-0.39, 0.29) is 5.75 Å². The Hall–Kier alpha value is -1.24. The van der Waals surface area contributed by atoms with Gasteiger partial charge in [0.1, 0.15) is 0 Å². The van der Waals surface area contributed by atoms with Crippen molar-refractivity contribution < 1.29 is 8.42 Å². The van der Waals surface area contributed by atoms with Crippen LogP contribution in [0, 0.1) is 6.92 Å². The highest BCUT2D eigenvalue weighted by atomic mass is 32.2. The highest BCUT2D eigenvalue weighted by molar-refractivity contribution is 7.88. The molecule has 0 fully saturated rings. The van der Waals surface area contributed by atoms with Crippen molar-refractivity contribution in [1.29, 1.82) is 0 Å². The summed E-state index contributed by atoms with van der Waals surface area (Å²) in [5.41, 5.74) is 1.90. The first-order valence-electron chi connectivity index (χ1n) is 6.35. The van der Waals surface area contributed by atoms with Gasteiger partial charge in [-0.25, -0.2) is 17.7 Å². The van der Waals surface area contributed by atoms with Crippen molar-refractivity contribution in [3.05, 3.63) is 52.0 Å². The molecule has 6 heteroatoms. The van der Waals surface area contributed by atoms with Crippen molar-refractivity contribution in [2.45, 2.75) is 19.1 Å². The zero-order valence-electron chi connectivity index (χ0n) is 11.6. The van der Waals surface area contributed by atoms with E-state index in [1.165, 1.54) is 4.31 Å². The molecule has 0 unspecified atom stereocenters. The van der Waals surface area contributed by atoms with Crippen molar-refractivity contribution >= 4 is 21.4 Å². The maximum absolute atomic E-state index is 12.3. The third kappa shape index (κ3) is 4.13. The second-order valence-corrected chi connectivity index (χ2v) is 7.80. The highest BCUT2D eigenvalue weighted by Crippen LogP contribution is 2.12. The Kier molecular flexibility index (Phi) is 4.91. The van der Waals surface area contributed by atoms with Crippen molar-refractivity contribution in [3.63, 3.8) is 0 Å². The number of rotatable bonds is 6. The van der Waals surface area contributed by atoms with Crippen LogP contribution < -0.4 is 0 Å². The lowest BCUT2D eigenvalue weighted by Crippen LogP contribution is -2.30. The molecule has 0 atom stereocenters. The molecule has 0 saturated carbocycles. The molecule has 108 valence electrons. The number of aryl methyl sites for hydroxylation is 1. The number of likely N-dealkylation sites (N-methyl/N-ethyl adjacent to an activating group) is 1. The van der Waals surface area contributed by atoms with Crippen LogP contribution in [0.15, 0.2) is 35.8 Å². The average molecular weight is 310 g/mol. The molecule has 0 aliphatic rings. The number of nitrogens with zero attached hydrogens (tertiary/aromatic N) is 2.